The molecule has 0 bridgehead atoms. The van der Waals surface area contributed by atoms with Crippen LogP contribution in [0.2, 0.25) is 0 Å². The van der Waals surface area contributed by atoms with Gasteiger partial charge < -0.3 is 4.57 Å². The number of benzene rings is 1. The van der Waals surface area contributed by atoms with Crippen molar-refractivity contribution in [2.24, 2.45) is 11.0 Å². The van der Waals surface area contributed by atoms with Gasteiger partial charge in [-0.15, -0.1) is 0 Å². The molecule has 0 radical (unpaired) electrons. The Kier molecular flexibility index (Phi) is 4.46. The number of fused-ring (bicyclic) bond motifs is 1. The number of nitrogens with one attached hydrogen (secondary N) is 1. The molecule has 2 aromatic rings. The molecule has 1 saturated carbocycles. The van der Waals surface area contributed by atoms with Gasteiger partial charge in [0.05, 0.1) is 11.0 Å². The van der Waals surface area contributed by atoms with Crippen molar-refractivity contribution in [2.45, 2.75) is 53.0 Å². The Bertz CT molecular complexity index is 760. The molecule has 0 aliphatic heterocycles. The van der Waals surface area contributed by atoms with E-state index in [2.05, 4.69) is 33.9 Å². The predicted molar refractivity (Wildman–Crippen MR) is 92.7 cm³/mol. The summed E-state index contributed by atoms with van der Waals surface area (Å²) in [7, 11) is 0. The van der Waals surface area contributed by atoms with Crippen LogP contribution in [0.5, 0.6) is 0 Å². The highest BCUT2D eigenvalue weighted by Gasteiger charge is 2.15. The number of amides is 1. The van der Waals surface area contributed by atoms with Crippen LogP contribution < -0.4 is 5.43 Å². The van der Waals surface area contributed by atoms with E-state index in [4.69, 9.17) is 0 Å². The van der Waals surface area contributed by atoms with Gasteiger partial charge in [-0.05, 0) is 63.6 Å². The first-order valence-corrected chi connectivity index (χ1v) is 8.41. The average molecular weight is 312 g/mol. The lowest BCUT2D eigenvalue weighted by atomic mass is 9.89. The second-order valence-corrected chi connectivity index (χ2v) is 6.43. The molecule has 1 aliphatic carbocycles. The van der Waals surface area contributed by atoms with Gasteiger partial charge in [0.15, 0.2) is 0 Å². The van der Waals surface area contributed by atoms with Crippen molar-refractivity contribution in [3.05, 3.63) is 29.6 Å². The van der Waals surface area contributed by atoms with E-state index in [0.29, 0.717) is 11.5 Å². The molecule has 1 aromatic carbocycles. The Morgan fingerprint density at radius 1 is 1.48 bits per heavy atom. The minimum absolute atomic E-state index is 0.165. The molecule has 122 valence electrons. The van der Waals surface area contributed by atoms with E-state index in [0.717, 1.165) is 48.4 Å². The second-order valence-electron chi connectivity index (χ2n) is 6.43. The molecule has 1 amide bonds. The first-order valence-electron chi connectivity index (χ1n) is 8.41. The fraction of sp³-hybridized carbons (Fsp3) is 0.500. The summed E-state index contributed by atoms with van der Waals surface area (Å²) in [6, 6.07) is 5.64. The number of aryl methyl sites for hydroxylation is 2. The van der Waals surface area contributed by atoms with Gasteiger partial charge in [-0.1, -0.05) is 6.92 Å². The van der Waals surface area contributed by atoms with Crippen LogP contribution in [0.3, 0.4) is 0 Å². The van der Waals surface area contributed by atoms with Gasteiger partial charge in [0.25, 0.3) is 5.91 Å². The van der Waals surface area contributed by atoms with Crippen molar-refractivity contribution in [3.63, 3.8) is 0 Å². The molecule has 0 saturated heterocycles. The summed E-state index contributed by atoms with van der Waals surface area (Å²) in [6.07, 6.45) is 4.39. The lowest BCUT2D eigenvalue weighted by molar-refractivity contribution is 0.0954. The maximum atomic E-state index is 12.3. The summed E-state index contributed by atoms with van der Waals surface area (Å²) in [5.74, 6) is 1.47. The lowest BCUT2D eigenvalue weighted by Crippen LogP contribution is -2.22. The van der Waals surface area contributed by atoms with E-state index < -0.39 is 0 Å². The lowest BCUT2D eigenvalue weighted by Gasteiger charge is -2.18. The van der Waals surface area contributed by atoms with Crippen molar-refractivity contribution in [1.29, 1.82) is 0 Å². The molecule has 1 heterocycles. The van der Waals surface area contributed by atoms with E-state index >= 15 is 0 Å². The van der Waals surface area contributed by atoms with Crippen molar-refractivity contribution in [1.82, 2.24) is 15.0 Å². The fourth-order valence-corrected chi connectivity index (χ4v) is 3.35. The summed E-state index contributed by atoms with van der Waals surface area (Å²) in [4.78, 5) is 16.9. The summed E-state index contributed by atoms with van der Waals surface area (Å²) in [5, 5.41) is 4.32. The normalized spacial score (nSPS) is 20.1. The molecule has 1 aliphatic rings. The molecule has 5 heteroatoms. The minimum Gasteiger partial charge on any atom is -0.329 e. The number of rotatable bonds is 3. The topological polar surface area (TPSA) is 59.3 Å². The Morgan fingerprint density at radius 2 is 2.30 bits per heavy atom. The van der Waals surface area contributed by atoms with Gasteiger partial charge in [0.2, 0.25) is 0 Å². The minimum atomic E-state index is -0.165. The number of imidazole rings is 1. The number of carbonyl (C=O) groups is 1. The van der Waals surface area contributed by atoms with Gasteiger partial charge >= 0.3 is 0 Å². The largest absolute Gasteiger partial charge is 0.329 e. The van der Waals surface area contributed by atoms with E-state index in [9.17, 15) is 4.79 Å². The Balaban J connectivity index is 1.77. The smallest absolute Gasteiger partial charge is 0.271 e. The molecule has 23 heavy (non-hydrogen) atoms. The first-order chi connectivity index (χ1) is 11.1. The molecule has 3 rings (SSSR count). The van der Waals surface area contributed by atoms with Crippen molar-refractivity contribution >= 4 is 22.7 Å². The zero-order valence-electron chi connectivity index (χ0n) is 14.1. The van der Waals surface area contributed by atoms with Crippen LogP contribution in [0.1, 0.15) is 55.7 Å². The number of hydrazone groups is 1. The molecule has 0 spiro atoms. The highest BCUT2D eigenvalue weighted by atomic mass is 16.2. The molecule has 1 aromatic heterocycles. The Morgan fingerprint density at radius 3 is 3.04 bits per heavy atom. The van der Waals surface area contributed by atoms with Crippen LogP contribution in [0, 0.1) is 12.8 Å². The standard InChI is InChI=1S/C18H24N4O/c1-4-22-13(3)19-16-11-14(8-9-17(16)22)18(23)21-20-15-7-5-6-12(2)10-15/h8-9,11-12H,4-7,10H2,1-3H3,(H,21,23)/b20-15+. The van der Waals surface area contributed by atoms with Crippen molar-refractivity contribution < 1.29 is 4.79 Å². The van der Waals surface area contributed by atoms with Crippen LogP contribution in [-0.4, -0.2) is 21.2 Å². The zero-order chi connectivity index (χ0) is 16.4. The zero-order valence-corrected chi connectivity index (χ0v) is 14.1. The van der Waals surface area contributed by atoms with E-state index in [1.54, 1.807) is 0 Å². The van der Waals surface area contributed by atoms with Gasteiger partial charge in [0.1, 0.15) is 5.82 Å². The van der Waals surface area contributed by atoms with Crippen LogP contribution in [0.15, 0.2) is 23.3 Å². The van der Waals surface area contributed by atoms with Crippen LogP contribution in [0.4, 0.5) is 0 Å². The predicted octanol–water partition coefficient (Wildman–Crippen LogP) is 3.66. The second kappa shape index (κ2) is 6.52. The molecular formula is C18H24N4O. The van der Waals surface area contributed by atoms with Gasteiger partial charge in [0, 0.05) is 17.8 Å². The maximum absolute atomic E-state index is 12.3. The molecule has 1 unspecified atom stereocenters. The molecule has 1 fully saturated rings. The number of hydrogen-bond donors (Lipinski definition) is 1. The van der Waals surface area contributed by atoms with Crippen molar-refractivity contribution in [3.8, 4) is 0 Å². The van der Waals surface area contributed by atoms with E-state index in [1.807, 2.05) is 25.1 Å². The van der Waals surface area contributed by atoms with E-state index in [-0.39, 0.29) is 5.91 Å². The fourth-order valence-electron chi connectivity index (χ4n) is 3.35. The SMILES string of the molecule is CCn1c(C)nc2cc(C(=O)N/N=C3\CCCC(C)C3)ccc21. The quantitative estimate of drug-likeness (QED) is 0.879. The monoisotopic (exact) mass is 312 g/mol. The number of hydrogen-bond acceptors (Lipinski definition) is 3. The number of carbonyl (C=O) groups excluding carboxylic acids is 1. The summed E-state index contributed by atoms with van der Waals surface area (Å²) >= 11 is 0. The average Bonchev–Trinajstić information content (AvgIpc) is 2.86. The van der Waals surface area contributed by atoms with Crippen LogP contribution in [-0.2, 0) is 6.54 Å². The number of aromatic nitrogens is 2. The third kappa shape index (κ3) is 3.28. The summed E-state index contributed by atoms with van der Waals surface area (Å²) in [5.41, 5.74) is 6.33. The molecule has 1 N–H and O–H groups in total. The third-order valence-corrected chi connectivity index (χ3v) is 4.58. The Labute approximate surface area is 136 Å². The summed E-state index contributed by atoms with van der Waals surface area (Å²) in [6.45, 7) is 7.19. The van der Waals surface area contributed by atoms with Crippen LogP contribution >= 0.6 is 0 Å². The molecule has 5 nitrogen and oxygen atoms in total. The Hall–Kier alpha value is -2.17. The molecule has 1 atom stereocenters. The van der Waals surface area contributed by atoms with Crippen LogP contribution in [0.25, 0.3) is 11.0 Å². The highest BCUT2D eigenvalue weighted by Crippen LogP contribution is 2.21. The first kappa shape index (κ1) is 15.7. The molecular weight excluding hydrogens is 288 g/mol. The summed E-state index contributed by atoms with van der Waals surface area (Å²) < 4.78 is 2.14. The van der Waals surface area contributed by atoms with Crippen molar-refractivity contribution in [2.75, 3.05) is 0 Å². The van der Waals surface area contributed by atoms with Gasteiger partial charge in [-0.25, -0.2) is 10.4 Å². The van der Waals surface area contributed by atoms with E-state index in [1.165, 1.54) is 6.42 Å². The number of nitrogens with zero attached hydrogens (tertiary/aromatic N) is 3. The highest BCUT2D eigenvalue weighted by molar-refractivity contribution is 5.98. The van der Waals surface area contributed by atoms with Gasteiger partial charge in [-0.2, -0.15) is 5.10 Å². The maximum Gasteiger partial charge on any atom is 0.271 e. The third-order valence-electron chi connectivity index (χ3n) is 4.58. The van der Waals surface area contributed by atoms with Gasteiger partial charge in [-0.3, -0.25) is 4.79 Å².